The molecule has 0 spiro atoms. The molecule has 1 aromatic heterocycles. The number of carbonyl (C=O) groups excluding carboxylic acids is 1. The fourth-order valence-electron chi connectivity index (χ4n) is 5.27. The normalized spacial score (nSPS) is 24.2. The molecule has 7 nitrogen and oxygen atoms in total. The molecule has 1 aromatic rings. The third-order valence-corrected chi connectivity index (χ3v) is 7.14. The van der Waals surface area contributed by atoms with Crippen LogP contribution >= 0.6 is 0 Å². The number of methoxy groups -OCH3 is 1. The van der Waals surface area contributed by atoms with Gasteiger partial charge in [0.1, 0.15) is 11.6 Å². The van der Waals surface area contributed by atoms with E-state index in [-0.39, 0.29) is 11.8 Å². The third kappa shape index (κ3) is 4.78. The molecule has 1 amide bonds. The van der Waals surface area contributed by atoms with E-state index in [1.54, 1.807) is 7.11 Å². The third-order valence-electron chi connectivity index (χ3n) is 7.14. The highest BCUT2D eigenvalue weighted by atomic mass is 16.5. The summed E-state index contributed by atoms with van der Waals surface area (Å²) in [5.41, 5.74) is 1.02. The monoisotopic (exact) mass is 415 g/mol. The zero-order chi connectivity index (χ0) is 21.1. The smallest absolute Gasteiger partial charge is 0.223 e. The van der Waals surface area contributed by atoms with Gasteiger partial charge in [-0.2, -0.15) is 0 Å². The quantitative estimate of drug-likeness (QED) is 0.682. The summed E-state index contributed by atoms with van der Waals surface area (Å²) >= 11 is 0. The summed E-state index contributed by atoms with van der Waals surface area (Å²) in [4.78, 5) is 29.0. The average Bonchev–Trinajstić information content (AvgIpc) is 3.42. The molecular formula is C23H37N5O2. The molecule has 4 rings (SSSR count). The van der Waals surface area contributed by atoms with Gasteiger partial charge in [0.15, 0.2) is 0 Å². The number of hydrogen-bond donors (Lipinski definition) is 0. The lowest BCUT2D eigenvalue weighted by atomic mass is 9.94. The van der Waals surface area contributed by atoms with E-state index >= 15 is 0 Å². The number of hydrogen-bond acceptors (Lipinski definition) is 6. The Bertz CT molecular complexity index is 726. The SMILES string of the molecule is COCCN1C[C@H](c2cc(N(C)C)nc(C3CCN(C4CCCC4)CC3)n2)CC1=O. The molecule has 2 aliphatic heterocycles. The second-order valence-corrected chi connectivity index (χ2v) is 9.39. The Hall–Kier alpha value is -1.73. The lowest BCUT2D eigenvalue weighted by Gasteiger charge is -2.35. The molecule has 0 aromatic carbocycles. The topological polar surface area (TPSA) is 61.8 Å². The van der Waals surface area contributed by atoms with E-state index in [0.717, 1.165) is 55.9 Å². The summed E-state index contributed by atoms with van der Waals surface area (Å²) in [5, 5.41) is 0. The number of likely N-dealkylation sites (tertiary alicyclic amines) is 2. The summed E-state index contributed by atoms with van der Waals surface area (Å²) in [6.07, 6.45) is 8.33. The van der Waals surface area contributed by atoms with Crippen LogP contribution in [0.25, 0.3) is 0 Å². The van der Waals surface area contributed by atoms with E-state index in [9.17, 15) is 4.79 Å². The van der Waals surface area contributed by atoms with E-state index in [2.05, 4.69) is 15.9 Å². The Morgan fingerprint density at radius 2 is 1.83 bits per heavy atom. The fourth-order valence-corrected chi connectivity index (χ4v) is 5.27. The molecule has 3 aliphatic rings. The Morgan fingerprint density at radius 1 is 1.10 bits per heavy atom. The van der Waals surface area contributed by atoms with Crippen molar-refractivity contribution in [1.82, 2.24) is 19.8 Å². The molecule has 1 aliphatic carbocycles. The van der Waals surface area contributed by atoms with Gasteiger partial charge < -0.3 is 19.4 Å². The van der Waals surface area contributed by atoms with Crippen LogP contribution in [0.1, 0.15) is 68.3 Å². The summed E-state index contributed by atoms with van der Waals surface area (Å²) in [5.74, 6) is 2.70. The second kappa shape index (κ2) is 9.60. The molecule has 166 valence electrons. The van der Waals surface area contributed by atoms with Crippen molar-refractivity contribution in [3.05, 3.63) is 17.6 Å². The van der Waals surface area contributed by atoms with Crippen LogP contribution in [-0.2, 0) is 9.53 Å². The van der Waals surface area contributed by atoms with Crippen molar-refractivity contribution in [2.75, 3.05) is 58.9 Å². The van der Waals surface area contributed by atoms with Crippen molar-refractivity contribution >= 4 is 11.7 Å². The minimum Gasteiger partial charge on any atom is -0.383 e. The standard InChI is InChI=1S/C23H37N5O2/c1-26(2)21-15-20(18-14-22(29)28(16-18)12-13-30-3)24-23(25-21)17-8-10-27(11-9-17)19-6-4-5-7-19/h15,17-19H,4-14,16H2,1-3H3/t18-/m1/s1. The van der Waals surface area contributed by atoms with Crippen LogP contribution in [-0.4, -0.2) is 85.7 Å². The van der Waals surface area contributed by atoms with Crippen LogP contribution in [0.4, 0.5) is 5.82 Å². The lowest BCUT2D eigenvalue weighted by molar-refractivity contribution is -0.128. The van der Waals surface area contributed by atoms with Crippen molar-refractivity contribution in [3.8, 4) is 0 Å². The van der Waals surface area contributed by atoms with Crippen LogP contribution in [0.5, 0.6) is 0 Å². The van der Waals surface area contributed by atoms with Crippen molar-refractivity contribution in [3.63, 3.8) is 0 Å². The van der Waals surface area contributed by atoms with Crippen molar-refractivity contribution < 1.29 is 9.53 Å². The van der Waals surface area contributed by atoms with Gasteiger partial charge in [0, 0.05) is 64.7 Å². The minimum absolute atomic E-state index is 0.147. The fraction of sp³-hybridized carbons (Fsp3) is 0.783. The Kier molecular flexibility index (Phi) is 6.88. The zero-order valence-corrected chi connectivity index (χ0v) is 18.8. The zero-order valence-electron chi connectivity index (χ0n) is 18.8. The minimum atomic E-state index is 0.147. The van der Waals surface area contributed by atoms with Gasteiger partial charge in [0.25, 0.3) is 0 Å². The Labute approximate surface area is 180 Å². The number of carbonyl (C=O) groups is 1. The van der Waals surface area contributed by atoms with E-state index in [1.807, 2.05) is 19.0 Å². The Balaban J connectivity index is 1.47. The van der Waals surface area contributed by atoms with E-state index in [4.69, 9.17) is 14.7 Å². The van der Waals surface area contributed by atoms with E-state index in [0.29, 0.717) is 25.5 Å². The van der Waals surface area contributed by atoms with Gasteiger partial charge in [0.05, 0.1) is 12.3 Å². The maximum Gasteiger partial charge on any atom is 0.223 e. The predicted octanol–water partition coefficient (Wildman–Crippen LogP) is 2.63. The van der Waals surface area contributed by atoms with E-state index < -0.39 is 0 Å². The van der Waals surface area contributed by atoms with Crippen molar-refractivity contribution in [1.29, 1.82) is 0 Å². The van der Waals surface area contributed by atoms with Gasteiger partial charge in [0.2, 0.25) is 5.91 Å². The highest BCUT2D eigenvalue weighted by Gasteiger charge is 2.33. The second-order valence-electron chi connectivity index (χ2n) is 9.39. The first kappa shape index (κ1) is 21.5. The molecule has 3 fully saturated rings. The van der Waals surface area contributed by atoms with Crippen LogP contribution in [0.3, 0.4) is 0 Å². The number of rotatable bonds is 7. The molecular weight excluding hydrogens is 378 g/mol. The van der Waals surface area contributed by atoms with E-state index in [1.165, 1.54) is 25.7 Å². The van der Waals surface area contributed by atoms with Gasteiger partial charge in [-0.25, -0.2) is 9.97 Å². The average molecular weight is 416 g/mol. The molecule has 2 saturated heterocycles. The lowest BCUT2D eigenvalue weighted by Crippen LogP contribution is -2.39. The molecule has 1 saturated carbocycles. The maximum absolute atomic E-state index is 12.4. The largest absolute Gasteiger partial charge is 0.383 e. The van der Waals surface area contributed by atoms with Crippen LogP contribution in [0, 0.1) is 0 Å². The number of aromatic nitrogens is 2. The number of ether oxygens (including phenoxy) is 1. The van der Waals surface area contributed by atoms with Gasteiger partial charge in [-0.3, -0.25) is 4.79 Å². The highest BCUT2D eigenvalue weighted by Crippen LogP contribution is 2.34. The van der Waals surface area contributed by atoms with Gasteiger partial charge in [-0.15, -0.1) is 0 Å². The molecule has 7 heteroatoms. The molecule has 1 atom stereocenters. The highest BCUT2D eigenvalue weighted by molar-refractivity contribution is 5.79. The van der Waals surface area contributed by atoms with Crippen molar-refractivity contribution in [2.45, 2.75) is 62.8 Å². The summed E-state index contributed by atoms with van der Waals surface area (Å²) in [7, 11) is 5.74. The van der Waals surface area contributed by atoms with Gasteiger partial charge in [-0.1, -0.05) is 12.8 Å². The molecule has 3 heterocycles. The number of piperidine rings is 1. The Morgan fingerprint density at radius 3 is 2.50 bits per heavy atom. The molecule has 30 heavy (non-hydrogen) atoms. The molecule has 0 N–H and O–H groups in total. The number of anilines is 1. The van der Waals surface area contributed by atoms with Crippen LogP contribution in [0.15, 0.2) is 6.07 Å². The summed E-state index contributed by atoms with van der Waals surface area (Å²) in [6, 6.07) is 2.88. The first-order chi connectivity index (χ1) is 14.5. The summed E-state index contributed by atoms with van der Waals surface area (Å²) in [6.45, 7) is 4.28. The van der Waals surface area contributed by atoms with Gasteiger partial charge >= 0.3 is 0 Å². The van der Waals surface area contributed by atoms with Crippen molar-refractivity contribution in [2.24, 2.45) is 0 Å². The maximum atomic E-state index is 12.4. The molecule has 0 radical (unpaired) electrons. The summed E-state index contributed by atoms with van der Waals surface area (Å²) < 4.78 is 5.16. The molecule has 0 unspecified atom stereocenters. The number of nitrogens with zero attached hydrogens (tertiary/aromatic N) is 5. The number of amides is 1. The predicted molar refractivity (Wildman–Crippen MR) is 118 cm³/mol. The first-order valence-corrected chi connectivity index (χ1v) is 11.6. The van der Waals surface area contributed by atoms with Gasteiger partial charge in [-0.05, 0) is 38.8 Å². The van der Waals surface area contributed by atoms with Crippen LogP contribution in [0.2, 0.25) is 0 Å². The first-order valence-electron chi connectivity index (χ1n) is 11.6. The van der Waals surface area contributed by atoms with Crippen LogP contribution < -0.4 is 4.90 Å². The molecule has 0 bridgehead atoms.